The Bertz CT molecular complexity index is 910. The summed E-state index contributed by atoms with van der Waals surface area (Å²) in [5, 5.41) is 3.62. The van der Waals surface area contributed by atoms with E-state index in [1.165, 1.54) is 5.56 Å². The third kappa shape index (κ3) is 5.33. The van der Waals surface area contributed by atoms with Crippen LogP contribution in [0.3, 0.4) is 0 Å². The van der Waals surface area contributed by atoms with Gasteiger partial charge in [-0.05, 0) is 43.7 Å². The molecule has 0 radical (unpaired) electrons. The molecule has 0 bridgehead atoms. The monoisotopic (exact) mass is 399 g/mol. The lowest BCUT2D eigenvalue weighted by Gasteiger charge is -2.23. The molecule has 1 saturated heterocycles. The van der Waals surface area contributed by atoms with Crippen LogP contribution in [-0.2, 0) is 17.7 Å². The Hall–Kier alpha value is -2.37. The summed E-state index contributed by atoms with van der Waals surface area (Å²) >= 11 is 5.82. The van der Waals surface area contributed by atoms with Crippen LogP contribution >= 0.6 is 11.6 Å². The van der Waals surface area contributed by atoms with Crippen LogP contribution in [0.4, 0.5) is 0 Å². The summed E-state index contributed by atoms with van der Waals surface area (Å²) in [7, 11) is 0. The summed E-state index contributed by atoms with van der Waals surface area (Å²) in [5.74, 6) is 5.71. The number of allylic oxidation sites excluding steroid dienone is 2. The summed E-state index contributed by atoms with van der Waals surface area (Å²) in [4.78, 5) is 13.1. The van der Waals surface area contributed by atoms with Crippen LogP contribution in [-0.4, -0.2) is 23.0 Å². The molecule has 1 aromatic carbocycles. The Balaban J connectivity index is 1.95. The van der Waals surface area contributed by atoms with Crippen molar-refractivity contribution in [3.05, 3.63) is 70.2 Å². The lowest BCUT2D eigenvalue weighted by molar-refractivity contribution is 0.0612. The van der Waals surface area contributed by atoms with E-state index in [0.29, 0.717) is 12.3 Å². The smallest absolute Gasteiger partial charge is 0.192 e. The SMILES string of the molecule is Cc1ccc(-c2cn(CC3CCOCC3)cc(C/C=C\C(Cl)=N/N)c2=O)cc1. The highest BCUT2D eigenvalue weighted by molar-refractivity contribution is 6.68. The van der Waals surface area contributed by atoms with Crippen LogP contribution in [0, 0.1) is 12.8 Å². The van der Waals surface area contributed by atoms with Crippen LogP contribution in [0.2, 0.25) is 0 Å². The number of rotatable bonds is 6. The van der Waals surface area contributed by atoms with E-state index in [2.05, 4.69) is 9.67 Å². The van der Waals surface area contributed by atoms with Crippen LogP contribution in [0.5, 0.6) is 0 Å². The van der Waals surface area contributed by atoms with E-state index in [1.54, 1.807) is 6.08 Å². The van der Waals surface area contributed by atoms with E-state index in [1.807, 2.05) is 49.7 Å². The van der Waals surface area contributed by atoms with Gasteiger partial charge in [-0.15, -0.1) is 0 Å². The van der Waals surface area contributed by atoms with Gasteiger partial charge in [-0.3, -0.25) is 4.79 Å². The fraction of sp³-hybridized carbons (Fsp3) is 0.364. The highest BCUT2D eigenvalue weighted by Gasteiger charge is 2.16. The lowest BCUT2D eigenvalue weighted by Crippen LogP contribution is -2.22. The first-order chi connectivity index (χ1) is 13.6. The molecule has 6 heteroatoms. The molecule has 0 amide bonds. The predicted molar refractivity (Wildman–Crippen MR) is 115 cm³/mol. The number of hydrogen-bond donors (Lipinski definition) is 1. The maximum atomic E-state index is 13.1. The number of nitrogens with zero attached hydrogens (tertiary/aromatic N) is 2. The van der Waals surface area contributed by atoms with Crippen molar-refractivity contribution < 1.29 is 4.74 Å². The molecule has 0 saturated carbocycles. The first kappa shape index (κ1) is 20.4. The Kier molecular flexibility index (Phi) is 7.06. The topological polar surface area (TPSA) is 69.6 Å². The molecular formula is C22H26ClN3O2. The summed E-state index contributed by atoms with van der Waals surface area (Å²) in [6.07, 6.45) is 9.92. The molecule has 1 fully saturated rings. The summed E-state index contributed by atoms with van der Waals surface area (Å²) in [6, 6.07) is 8.06. The van der Waals surface area contributed by atoms with E-state index in [9.17, 15) is 4.79 Å². The minimum atomic E-state index is 0.0394. The number of hydrazone groups is 1. The van der Waals surface area contributed by atoms with Crippen molar-refractivity contribution in [2.75, 3.05) is 13.2 Å². The third-order valence-corrected chi connectivity index (χ3v) is 5.27. The van der Waals surface area contributed by atoms with Crippen LogP contribution in [0.25, 0.3) is 11.1 Å². The van der Waals surface area contributed by atoms with Crippen LogP contribution < -0.4 is 11.3 Å². The standard InChI is InChI=1S/C22H26ClN3O2/c1-16-5-7-18(8-6-16)20-15-26(13-17-9-11-28-12-10-17)14-19(22(20)27)3-2-4-21(23)25-24/h2,4-8,14-15,17H,3,9-13,24H2,1H3/b4-2-,25-21+. The zero-order valence-electron chi connectivity index (χ0n) is 16.1. The minimum absolute atomic E-state index is 0.0394. The highest BCUT2D eigenvalue weighted by Crippen LogP contribution is 2.21. The van der Waals surface area contributed by atoms with Gasteiger partial charge in [0.15, 0.2) is 5.43 Å². The molecule has 2 N–H and O–H groups in total. The molecule has 0 aliphatic carbocycles. The van der Waals surface area contributed by atoms with Gasteiger partial charge in [0.25, 0.3) is 0 Å². The average molecular weight is 400 g/mol. The molecule has 1 aliphatic heterocycles. The fourth-order valence-corrected chi connectivity index (χ4v) is 3.53. The molecule has 2 heterocycles. The van der Waals surface area contributed by atoms with Gasteiger partial charge in [-0.25, -0.2) is 0 Å². The van der Waals surface area contributed by atoms with E-state index in [4.69, 9.17) is 22.2 Å². The van der Waals surface area contributed by atoms with Crippen molar-refractivity contribution in [1.82, 2.24) is 4.57 Å². The summed E-state index contributed by atoms with van der Waals surface area (Å²) in [5.41, 5.74) is 3.58. The first-order valence-corrected chi connectivity index (χ1v) is 9.92. The van der Waals surface area contributed by atoms with Gasteiger partial charge in [0, 0.05) is 43.3 Å². The van der Waals surface area contributed by atoms with Gasteiger partial charge < -0.3 is 15.1 Å². The molecule has 28 heavy (non-hydrogen) atoms. The maximum Gasteiger partial charge on any atom is 0.192 e. The number of aromatic nitrogens is 1. The minimum Gasteiger partial charge on any atom is -0.381 e. The van der Waals surface area contributed by atoms with Crippen molar-refractivity contribution in [3.63, 3.8) is 0 Å². The largest absolute Gasteiger partial charge is 0.381 e. The normalized spacial score (nSPS) is 16.0. The van der Waals surface area contributed by atoms with Gasteiger partial charge >= 0.3 is 0 Å². The van der Waals surface area contributed by atoms with Gasteiger partial charge in [-0.1, -0.05) is 47.5 Å². The summed E-state index contributed by atoms with van der Waals surface area (Å²) < 4.78 is 7.62. The third-order valence-electron chi connectivity index (χ3n) is 5.04. The molecule has 3 rings (SSSR count). The number of hydrogen-bond acceptors (Lipinski definition) is 4. The van der Waals surface area contributed by atoms with E-state index in [0.717, 1.165) is 49.3 Å². The van der Waals surface area contributed by atoms with Crippen molar-refractivity contribution in [2.24, 2.45) is 16.9 Å². The summed E-state index contributed by atoms with van der Waals surface area (Å²) in [6.45, 7) is 4.53. The molecule has 0 atom stereocenters. The van der Waals surface area contributed by atoms with Crippen LogP contribution in [0.1, 0.15) is 24.0 Å². The van der Waals surface area contributed by atoms with Gasteiger partial charge in [-0.2, -0.15) is 5.10 Å². The molecule has 1 aliphatic rings. The molecule has 0 unspecified atom stereocenters. The van der Waals surface area contributed by atoms with Crippen molar-refractivity contribution >= 4 is 16.8 Å². The molecule has 148 valence electrons. The molecule has 0 spiro atoms. The first-order valence-electron chi connectivity index (χ1n) is 9.54. The zero-order chi connectivity index (χ0) is 19.9. The quantitative estimate of drug-likeness (QED) is 0.455. The second kappa shape index (κ2) is 9.71. The number of pyridine rings is 1. The highest BCUT2D eigenvalue weighted by atomic mass is 35.5. The predicted octanol–water partition coefficient (Wildman–Crippen LogP) is 3.86. The average Bonchev–Trinajstić information content (AvgIpc) is 2.71. The van der Waals surface area contributed by atoms with Gasteiger partial charge in [0.1, 0.15) is 5.17 Å². The molecule has 1 aromatic heterocycles. The number of nitrogens with two attached hydrogens (primary N) is 1. The number of ether oxygens (including phenoxy) is 1. The molecule has 5 nitrogen and oxygen atoms in total. The van der Waals surface area contributed by atoms with E-state index in [-0.39, 0.29) is 10.6 Å². The maximum absolute atomic E-state index is 13.1. The second-order valence-electron chi connectivity index (χ2n) is 7.20. The number of halogens is 1. The lowest BCUT2D eigenvalue weighted by atomic mass is 9.99. The second-order valence-corrected chi connectivity index (χ2v) is 7.59. The van der Waals surface area contributed by atoms with Crippen LogP contribution in [0.15, 0.2) is 58.7 Å². The van der Waals surface area contributed by atoms with E-state index < -0.39 is 0 Å². The molecular weight excluding hydrogens is 374 g/mol. The fourth-order valence-electron chi connectivity index (χ4n) is 3.44. The number of benzene rings is 1. The molecule has 2 aromatic rings. The van der Waals surface area contributed by atoms with Crippen molar-refractivity contribution in [3.8, 4) is 11.1 Å². The number of aryl methyl sites for hydroxylation is 1. The van der Waals surface area contributed by atoms with E-state index >= 15 is 0 Å². The zero-order valence-corrected chi connectivity index (χ0v) is 16.9. The Morgan fingerprint density at radius 2 is 2.00 bits per heavy atom. The van der Waals surface area contributed by atoms with Crippen molar-refractivity contribution in [1.29, 1.82) is 0 Å². The van der Waals surface area contributed by atoms with Gasteiger partial charge in [0.2, 0.25) is 0 Å². The van der Waals surface area contributed by atoms with Gasteiger partial charge in [0.05, 0.1) is 0 Å². The Morgan fingerprint density at radius 3 is 2.68 bits per heavy atom. The Morgan fingerprint density at radius 1 is 1.29 bits per heavy atom. The Labute approximate surface area is 170 Å². The van der Waals surface area contributed by atoms with Crippen molar-refractivity contribution in [2.45, 2.75) is 32.7 Å².